The Labute approximate surface area is 84.6 Å². The van der Waals surface area contributed by atoms with E-state index in [2.05, 4.69) is 4.98 Å². The molecule has 0 atom stereocenters. The maximum absolute atomic E-state index is 12.9. The average Bonchev–Trinajstić information content (AvgIpc) is 2.50. The molecule has 3 nitrogen and oxygen atoms in total. The minimum atomic E-state index is -0.935. The van der Waals surface area contributed by atoms with Crippen molar-refractivity contribution in [1.29, 1.82) is 0 Å². The second-order valence-corrected chi connectivity index (χ2v) is 3.16. The first kappa shape index (κ1) is 9.64. The SMILES string of the molecule is Cn1cc(O)nc1-c1ccc(F)c(F)c1. The summed E-state index contributed by atoms with van der Waals surface area (Å²) in [4.78, 5) is 3.78. The van der Waals surface area contributed by atoms with Crippen molar-refractivity contribution in [3.8, 4) is 17.3 Å². The predicted octanol–water partition coefficient (Wildman–Crippen LogP) is 2.07. The molecule has 1 aromatic carbocycles. The molecule has 0 spiro atoms. The normalized spacial score (nSPS) is 10.6. The Hall–Kier alpha value is -1.91. The van der Waals surface area contributed by atoms with Crippen LogP contribution in [0.5, 0.6) is 5.88 Å². The Morgan fingerprint density at radius 2 is 2.00 bits per heavy atom. The van der Waals surface area contributed by atoms with Gasteiger partial charge in [0.1, 0.15) is 5.82 Å². The number of aromatic nitrogens is 2. The van der Waals surface area contributed by atoms with Gasteiger partial charge in [0.15, 0.2) is 11.6 Å². The van der Waals surface area contributed by atoms with Gasteiger partial charge in [-0.15, -0.1) is 0 Å². The molecule has 0 saturated heterocycles. The van der Waals surface area contributed by atoms with E-state index in [9.17, 15) is 8.78 Å². The third-order valence-electron chi connectivity index (χ3n) is 2.04. The lowest BCUT2D eigenvalue weighted by atomic mass is 10.2. The van der Waals surface area contributed by atoms with Crippen LogP contribution in [0.4, 0.5) is 8.78 Å². The van der Waals surface area contributed by atoms with Crippen LogP contribution in [0.3, 0.4) is 0 Å². The Kier molecular flexibility index (Phi) is 2.15. The lowest BCUT2D eigenvalue weighted by Crippen LogP contribution is -1.93. The molecule has 5 heteroatoms. The van der Waals surface area contributed by atoms with E-state index in [1.54, 1.807) is 7.05 Å². The molecule has 0 radical (unpaired) electrons. The van der Waals surface area contributed by atoms with Crippen molar-refractivity contribution >= 4 is 0 Å². The van der Waals surface area contributed by atoms with Crippen molar-refractivity contribution in [3.05, 3.63) is 36.0 Å². The number of rotatable bonds is 1. The molecule has 1 N–H and O–H groups in total. The summed E-state index contributed by atoms with van der Waals surface area (Å²) in [7, 11) is 1.66. The number of benzene rings is 1. The molecule has 15 heavy (non-hydrogen) atoms. The van der Waals surface area contributed by atoms with E-state index >= 15 is 0 Å². The van der Waals surface area contributed by atoms with Gasteiger partial charge in [-0.1, -0.05) is 0 Å². The first-order chi connectivity index (χ1) is 7.08. The molecule has 78 valence electrons. The zero-order chi connectivity index (χ0) is 11.0. The van der Waals surface area contributed by atoms with E-state index in [0.29, 0.717) is 11.4 Å². The number of aromatic hydroxyl groups is 1. The van der Waals surface area contributed by atoms with Crippen molar-refractivity contribution in [3.63, 3.8) is 0 Å². The highest BCUT2D eigenvalue weighted by atomic mass is 19.2. The molecule has 0 bridgehead atoms. The highest BCUT2D eigenvalue weighted by molar-refractivity contribution is 5.56. The number of halogens is 2. The van der Waals surface area contributed by atoms with Gasteiger partial charge in [0, 0.05) is 12.6 Å². The van der Waals surface area contributed by atoms with Crippen LogP contribution in [-0.2, 0) is 7.05 Å². The molecule has 0 aliphatic rings. The van der Waals surface area contributed by atoms with Gasteiger partial charge in [0.05, 0.1) is 6.20 Å². The lowest BCUT2D eigenvalue weighted by molar-refractivity contribution is 0.456. The average molecular weight is 210 g/mol. The molecule has 0 aliphatic carbocycles. The van der Waals surface area contributed by atoms with Gasteiger partial charge in [-0.2, -0.15) is 4.98 Å². The number of imidazole rings is 1. The van der Waals surface area contributed by atoms with Crippen molar-refractivity contribution in [1.82, 2.24) is 9.55 Å². The first-order valence-electron chi connectivity index (χ1n) is 4.25. The van der Waals surface area contributed by atoms with Crippen molar-refractivity contribution in [2.75, 3.05) is 0 Å². The third kappa shape index (κ3) is 1.68. The Bertz CT molecular complexity index is 508. The Morgan fingerprint density at radius 3 is 2.53 bits per heavy atom. The van der Waals surface area contributed by atoms with Crippen LogP contribution in [0, 0.1) is 11.6 Å². The monoisotopic (exact) mass is 210 g/mol. The molecular formula is C10H8F2N2O. The third-order valence-corrected chi connectivity index (χ3v) is 2.04. The summed E-state index contributed by atoms with van der Waals surface area (Å²) in [5.41, 5.74) is 0.414. The van der Waals surface area contributed by atoms with E-state index in [4.69, 9.17) is 5.11 Å². The second kappa shape index (κ2) is 3.34. The van der Waals surface area contributed by atoms with Gasteiger partial charge in [-0.3, -0.25) is 0 Å². The molecule has 0 unspecified atom stereocenters. The summed E-state index contributed by atoms with van der Waals surface area (Å²) in [6.45, 7) is 0. The Balaban J connectivity index is 2.54. The standard InChI is InChI=1S/C10H8F2N2O/c1-14-5-9(15)13-10(14)6-2-3-7(11)8(12)4-6/h2-5,15H,1H3. The molecule has 2 rings (SSSR count). The lowest BCUT2D eigenvalue weighted by Gasteiger charge is -2.01. The highest BCUT2D eigenvalue weighted by Gasteiger charge is 2.09. The first-order valence-corrected chi connectivity index (χ1v) is 4.25. The summed E-state index contributed by atoms with van der Waals surface area (Å²) in [5.74, 6) is -1.61. The van der Waals surface area contributed by atoms with Crippen LogP contribution in [-0.4, -0.2) is 14.7 Å². The smallest absolute Gasteiger partial charge is 0.229 e. The predicted molar refractivity (Wildman–Crippen MR) is 50.2 cm³/mol. The van der Waals surface area contributed by atoms with Crippen molar-refractivity contribution in [2.45, 2.75) is 0 Å². The fraction of sp³-hybridized carbons (Fsp3) is 0.100. The molecule has 0 aliphatic heterocycles. The molecule has 0 amide bonds. The molecule has 0 saturated carbocycles. The van der Waals surface area contributed by atoms with Gasteiger partial charge in [0.2, 0.25) is 5.88 Å². The van der Waals surface area contributed by atoms with E-state index in [-0.39, 0.29) is 5.88 Å². The van der Waals surface area contributed by atoms with Gasteiger partial charge in [0.25, 0.3) is 0 Å². The van der Waals surface area contributed by atoms with Crippen molar-refractivity contribution < 1.29 is 13.9 Å². The highest BCUT2D eigenvalue weighted by Crippen LogP contribution is 2.22. The van der Waals surface area contributed by atoms with Crippen LogP contribution in [0.2, 0.25) is 0 Å². The fourth-order valence-corrected chi connectivity index (χ4v) is 1.35. The summed E-state index contributed by atoms with van der Waals surface area (Å²) >= 11 is 0. The van der Waals surface area contributed by atoms with E-state index < -0.39 is 11.6 Å². The van der Waals surface area contributed by atoms with E-state index in [1.807, 2.05) is 0 Å². The van der Waals surface area contributed by atoms with Gasteiger partial charge in [-0.25, -0.2) is 8.78 Å². The minimum absolute atomic E-state index is 0.155. The number of hydrogen-bond acceptors (Lipinski definition) is 2. The zero-order valence-corrected chi connectivity index (χ0v) is 7.91. The van der Waals surface area contributed by atoms with Crippen LogP contribution in [0.15, 0.2) is 24.4 Å². The van der Waals surface area contributed by atoms with Gasteiger partial charge >= 0.3 is 0 Å². The summed E-state index contributed by atoms with van der Waals surface area (Å²) in [5, 5.41) is 9.12. The van der Waals surface area contributed by atoms with Crippen LogP contribution >= 0.6 is 0 Å². The molecule has 1 aromatic heterocycles. The molecule has 2 aromatic rings. The zero-order valence-electron chi connectivity index (χ0n) is 7.91. The van der Waals surface area contributed by atoms with Crippen LogP contribution in [0.25, 0.3) is 11.4 Å². The topological polar surface area (TPSA) is 38.0 Å². The summed E-state index contributed by atoms with van der Waals surface area (Å²) in [6, 6.07) is 3.47. The number of nitrogens with zero attached hydrogens (tertiary/aromatic N) is 2. The number of hydrogen-bond donors (Lipinski definition) is 1. The largest absolute Gasteiger partial charge is 0.492 e. The van der Waals surface area contributed by atoms with Crippen LogP contribution in [0.1, 0.15) is 0 Å². The maximum atomic E-state index is 12.9. The molecular weight excluding hydrogens is 202 g/mol. The minimum Gasteiger partial charge on any atom is -0.492 e. The summed E-state index contributed by atoms with van der Waals surface area (Å²) < 4.78 is 27.1. The second-order valence-electron chi connectivity index (χ2n) is 3.16. The van der Waals surface area contributed by atoms with E-state index in [1.165, 1.54) is 16.8 Å². The van der Waals surface area contributed by atoms with E-state index in [0.717, 1.165) is 12.1 Å². The van der Waals surface area contributed by atoms with Crippen LogP contribution < -0.4 is 0 Å². The maximum Gasteiger partial charge on any atom is 0.229 e. The van der Waals surface area contributed by atoms with Gasteiger partial charge < -0.3 is 9.67 Å². The van der Waals surface area contributed by atoms with Gasteiger partial charge in [-0.05, 0) is 18.2 Å². The Morgan fingerprint density at radius 1 is 1.27 bits per heavy atom. The summed E-state index contributed by atoms with van der Waals surface area (Å²) in [6.07, 6.45) is 1.39. The molecule has 1 heterocycles. The quantitative estimate of drug-likeness (QED) is 0.782. The fourth-order valence-electron chi connectivity index (χ4n) is 1.35. The number of aryl methyl sites for hydroxylation is 1. The molecule has 0 fully saturated rings. The van der Waals surface area contributed by atoms with Crippen molar-refractivity contribution in [2.24, 2.45) is 7.05 Å².